The molecule has 4 atom stereocenters. The molecule has 4 unspecified atom stereocenters. The summed E-state index contributed by atoms with van der Waals surface area (Å²) in [5.41, 5.74) is 6.26. The van der Waals surface area contributed by atoms with Crippen molar-refractivity contribution in [1.82, 2.24) is 10.2 Å². The van der Waals surface area contributed by atoms with Crippen LogP contribution < -0.4 is 11.1 Å². The molecule has 1 amide bonds. The first-order chi connectivity index (χ1) is 8.74. The SMILES string of the molecule is NC1CCCC2CN(C3CCCNC(=O)C3)CC12. The molecular weight excluding hydrogens is 226 g/mol. The second-order valence-electron chi connectivity index (χ2n) is 6.32. The Hall–Kier alpha value is -0.610. The predicted octanol–water partition coefficient (Wildman–Crippen LogP) is 0.714. The average Bonchev–Trinajstić information content (AvgIpc) is 2.67. The minimum absolute atomic E-state index is 0.233. The highest BCUT2D eigenvalue weighted by Gasteiger charge is 2.41. The molecule has 3 aliphatic rings. The van der Waals surface area contributed by atoms with Crippen molar-refractivity contribution in [3.05, 3.63) is 0 Å². The third-order valence-corrected chi connectivity index (χ3v) is 5.16. The smallest absolute Gasteiger partial charge is 0.221 e. The maximum atomic E-state index is 11.7. The fourth-order valence-electron chi connectivity index (χ4n) is 4.11. The van der Waals surface area contributed by atoms with Gasteiger partial charge in [0.15, 0.2) is 0 Å². The molecule has 0 aromatic rings. The predicted molar refractivity (Wildman–Crippen MR) is 71.0 cm³/mol. The Morgan fingerprint density at radius 3 is 2.89 bits per heavy atom. The lowest BCUT2D eigenvalue weighted by Gasteiger charge is -2.30. The normalized spacial score (nSPS) is 42.2. The number of hydrogen-bond donors (Lipinski definition) is 2. The quantitative estimate of drug-likeness (QED) is 0.722. The van der Waals surface area contributed by atoms with Crippen molar-refractivity contribution in [1.29, 1.82) is 0 Å². The fourth-order valence-corrected chi connectivity index (χ4v) is 4.11. The van der Waals surface area contributed by atoms with Crippen LogP contribution in [0.2, 0.25) is 0 Å². The van der Waals surface area contributed by atoms with Crippen LogP contribution in [0.5, 0.6) is 0 Å². The summed E-state index contributed by atoms with van der Waals surface area (Å²) in [4.78, 5) is 14.2. The van der Waals surface area contributed by atoms with Crippen LogP contribution in [0.15, 0.2) is 0 Å². The van der Waals surface area contributed by atoms with Crippen LogP contribution in [0.3, 0.4) is 0 Å². The molecule has 2 aliphatic heterocycles. The molecule has 4 heteroatoms. The first-order valence-corrected chi connectivity index (χ1v) is 7.50. The van der Waals surface area contributed by atoms with Crippen LogP contribution in [-0.2, 0) is 4.79 Å². The number of fused-ring (bicyclic) bond motifs is 1. The van der Waals surface area contributed by atoms with Gasteiger partial charge in [0, 0.05) is 38.1 Å². The summed E-state index contributed by atoms with van der Waals surface area (Å²) in [5, 5.41) is 2.98. The third-order valence-electron chi connectivity index (χ3n) is 5.16. The van der Waals surface area contributed by atoms with E-state index in [0.29, 0.717) is 24.4 Å². The van der Waals surface area contributed by atoms with E-state index in [2.05, 4.69) is 10.2 Å². The molecule has 0 aromatic heterocycles. The first kappa shape index (κ1) is 12.4. The van der Waals surface area contributed by atoms with Crippen molar-refractivity contribution in [3.8, 4) is 0 Å². The van der Waals surface area contributed by atoms with E-state index >= 15 is 0 Å². The lowest BCUT2D eigenvalue weighted by atomic mass is 9.78. The summed E-state index contributed by atoms with van der Waals surface area (Å²) >= 11 is 0. The molecule has 0 spiro atoms. The largest absolute Gasteiger partial charge is 0.356 e. The summed E-state index contributed by atoms with van der Waals surface area (Å²) in [7, 11) is 0. The highest BCUT2D eigenvalue weighted by molar-refractivity contribution is 5.76. The van der Waals surface area contributed by atoms with Gasteiger partial charge in [-0.15, -0.1) is 0 Å². The van der Waals surface area contributed by atoms with Crippen LogP contribution >= 0.6 is 0 Å². The zero-order valence-corrected chi connectivity index (χ0v) is 11.1. The van der Waals surface area contributed by atoms with Gasteiger partial charge in [-0.1, -0.05) is 6.42 Å². The van der Waals surface area contributed by atoms with Crippen LogP contribution in [0, 0.1) is 11.8 Å². The molecule has 102 valence electrons. The number of amides is 1. The van der Waals surface area contributed by atoms with Crippen molar-refractivity contribution < 1.29 is 4.79 Å². The Bertz CT molecular complexity index is 320. The molecule has 2 saturated heterocycles. The number of nitrogens with one attached hydrogen (secondary N) is 1. The van der Waals surface area contributed by atoms with E-state index in [9.17, 15) is 4.79 Å². The summed E-state index contributed by atoms with van der Waals surface area (Å²) in [5.74, 6) is 1.71. The molecule has 0 aromatic carbocycles. The van der Waals surface area contributed by atoms with Gasteiger partial charge in [-0.3, -0.25) is 9.69 Å². The lowest BCUT2D eigenvalue weighted by Crippen LogP contribution is -2.39. The van der Waals surface area contributed by atoms with Gasteiger partial charge in [-0.2, -0.15) is 0 Å². The Labute approximate surface area is 109 Å². The Morgan fingerprint density at radius 2 is 2.06 bits per heavy atom. The van der Waals surface area contributed by atoms with E-state index in [0.717, 1.165) is 31.8 Å². The molecule has 0 bridgehead atoms. The Morgan fingerprint density at radius 1 is 1.17 bits per heavy atom. The number of nitrogens with two attached hydrogens (primary N) is 1. The number of likely N-dealkylation sites (tertiary alicyclic amines) is 1. The molecule has 3 fully saturated rings. The van der Waals surface area contributed by atoms with E-state index in [1.54, 1.807) is 0 Å². The average molecular weight is 251 g/mol. The van der Waals surface area contributed by atoms with Crippen molar-refractivity contribution in [2.75, 3.05) is 19.6 Å². The number of carbonyl (C=O) groups excluding carboxylic acids is 1. The van der Waals surface area contributed by atoms with E-state index in [-0.39, 0.29) is 5.91 Å². The van der Waals surface area contributed by atoms with Crippen molar-refractivity contribution >= 4 is 5.91 Å². The van der Waals surface area contributed by atoms with Crippen molar-refractivity contribution in [3.63, 3.8) is 0 Å². The van der Waals surface area contributed by atoms with Gasteiger partial charge in [0.2, 0.25) is 5.91 Å². The van der Waals surface area contributed by atoms with E-state index in [1.165, 1.54) is 25.8 Å². The number of nitrogens with zero attached hydrogens (tertiary/aromatic N) is 1. The third kappa shape index (κ3) is 2.41. The van der Waals surface area contributed by atoms with Gasteiger partial charge in [0.1, 0.15) is 0 Å². The van der Waals surface area contributed by atoms with Crippen molar-refractivity contribution in [2.24, 2.45) is 17.6 Å². The zero-order chi connectivity index (χ0) is 12.5. The standard InChI is InChI=1S/C14H25N3O/c15-13-5-1-3-10-8-17(9-12(10)13)11-4-2-6-16-14(18)7-11/h10-13H,1-9,15H2,(H,16,18). The minimum Gasteiger partial charge on any atom is -0.356 e. The summed E-state index contributed by atoms with van der Waals surface area (Å²) < 4.78 is 0. The second kappa shape index (κ2) is 5.17. The van der Waals surface area contributed by atoms with Crippen LogP contribution in [0.4, 0.5) is 0 Å². The van der Waals surface area contributed by atoms with Crippen molar-refractivity contribution in [2.45, 2.75) is 50.6 Å². The maximum Gasteiger partial charge on any atom is 0.221 e. The van der Waals surface area contributed by atoms with Gasteiger partial charge in [-0.25, -0.2) is 0 Å². The zero-order valence-electron chi connectivity index (χ0n) is 11.1. The molecule has 1 aliphatic carbocycles. The molecule has 0 radical (unpaired) electrons. The number of rotatable bonds is 1. The van der Waals surface area contributed by atoms with Gasteiger partial charge in [0.25, 0.3) is 0 Å². The monoisotopic (exact) mass is 251 g/mol. The highest BCUT2D eigenvalue weighted by Crippen LogP contribution is 2.37. The van der Waals surface area contributed by atoms with E-state index < -0.39 is 0 Å². The van der Waals surface area contributed by atoms with E-state index in [4.69, 9.17) is 5.73 Å². The number of hydrogen-bond acceptors (Lipinski definition) is 3. The highest BCUT2D eigenvalue weighted by atomic mass is 16.1. The van der Waals surface area contributed by atoms with Gasteiger partial charge in [0.05, 0.1) is 0 Å². The molecule has 18 heavy (non-hydrogen) atoms. The fraction of sp³-hybridized carbons (Fsp3) is 0.929. The second-order valence-corrected chi connectivity index (χ2v) is 6.32. The number of carbonyl (C=O) groups is 1. The Kier molecular flexibility index (Phi) is 3.57. The summed E-state index contributed by atoms with van der Waals surface area (Å²) in [6, 6.07) is 0.860. The summed E-state index contributed by atoms with van der Waals surface area (Å²) in [6.07, 6.45) is 6.80. The molecule has 3 rings (SSSR count). The van der Waals surface area contributed by atoms with Gasteiger partial charge in [-0.05, 0) is 37.5 Å². The molecule has 4 nitrogen and oxygen atoms in total. The molecule has 3 N–H and O–H groups in total. The molecule has 1 saturated carbocycles. The maximum absolute atomic E-state index is 11.7. The molecule has 2 heterocycles. The topological polar surface area (TPSA) is 58.4 Å². The van der Waals surface area contributed by atoms with Crippen LogP contribution in [0.25, 0.3) is 0 Å². The summed E-state index contributed by atoms with van der Waals surface area (Å²) in [6.45, 7) is 3.16. The Balaban J connectivity index is 1.65. The van der Waals surface area contributed by atoms with Crippen LogP contribution in [-0.4, -0.2) is 42.5 Å². The van der Waals surface area contributed by atoms with Crippen LogP contribution in [0.1, 0.15) is 38.5 Å². The van der Waals surface area contributed by atoms with Gasteiger partial charge < -0.3 is 11.1 Å². The lowest BCUT2D eigenvalue weighted by molar-refractivity contribution is -0.121. The first-order valence-electron chi connectivity index (χ1n) is 7.50. The van der Waals surface area contributed by atoms with E-state index in [1.807, 2.05) is 0 Å². The van der Waals surface area contributed by atoms with Gasteiger partial charge >= 0.3 is 0 Å². The minimum atomic E-state index is 0.233. The molecular formula is C14H25N3O.